The first-order valence-electron chi connectivity index (χ1n) is 20.3. The quantitative estimate of drug-likeness (QED) is 0.0849. The molecule has 1 aromatic carbocycles. The number of nitrogens with one attached hydrogen (secondary N) is 1. The Kier molecular flexibility index (Phi) is 15.2. The summed E-state index contributed by atoms with van der Waals surface area (Å²) in [5.41, 5.74) is 9.44. The Morgan fingerprint density at radius 3 is 2.38 bits per heavy atom. The van der Waals surface area contributed by atoms with Gasteiger partial charge < -0.3 is 15.0 Å². The number of fused-ring (bicyclic) bond motifs is 3. The topological polar surface area (TPSA) is 36.3 Å². The highest BCUT2D eigenvalue weighted by molar-refractivity contribution is 5.89. The van der Waals surface area contributed by atoms with Crippen LogP contribution in [0.15, 0.2) is 95.7 Å². The van der Waals surface area contributed by atoms with E-state index in [9.17, 15) is 0 Å². The molecule has 270 valence electrons. The van der Waals surface area contributed by atoms with Crippen LogP contribution in [0.5, 0.6) is 0 Å². The zero-order valence-electron chi connectivity index (χ0n) is 31.8. The Morgan fingerprint density at radius 2 is 1.68 bits per heavy atom. The fourth-order valence-corrected chi connectivity index (χ4v) is 8.51. The Balaban J connectivity index is 1.36. The molecule has 5 atom stereocenters. The lowest BCUT2D eigenvalue weighted by Gasteiger charge is -2.36. The van der Waals surface area contributed by atoms with E-state index >= 15 is 0 Å². The summed E-state index contributed by atoms with van der Waals surface area (Å²) in [5, 5.41) is 7.97. The molecule has 0 fully saturated rings. The van der Waals surface area contributed by atoms with E-state index < -0.39 is 0 Å². The summed E-state index contributed by atoms with van der Waals surface area (Å²) in [6, 6.07) is 7.50. The molecule has 0 radical (unpaired) electrons. The molecule has 4 aliphatic carbocycles. The van der Waals surface area contributed by atoms with Crippen molar-refractivity contribution in [3.63, 3.8) is 0 Å². The summed E-state index contributed by atoms with van der Waals surface area (Å²) in [4.78, 5) is 2.61. The maximum Gasteiger partial charge on any atom is 0.108 e. The molecule has 0 amide bonds. The van der Waals surface area contributed by atoms with Gasteiger partial charge in [-0.1, -0.05) is 126 Å². The SMILES string of the molecule is CCCCCC=CC/C(=C\C=N)CN(c1ccc2c(c1)C(OC)C1=CC(CC3=CCC(CCCC)C=C3)CC=C12)C1C=CC(CCCC)CC1. The van der Waals surface area contributed by atoms with Crippen LogP contribution in [-0.4, -0.2) is 25.9 Å². The first-order valence-corrected chi connectivity index (χ1v) is 20.3. The van der Waals surface area contributed by atoms with Gasteiger partial charge in [0, 0.05) is 31.6 Å². The molecule has 4 aliphatic rings. The first-order chi connectivity index (χ1) is 24.6. The van der Waals surface area contributed by atoms with Crippen molar-refractivity contribution in [3.8, 4) is 0 Å². The molecular formula is C47H66N2O. The maximum absolute atomic E-state index is 7.97. The summed E-state index contributed by atoms with van der Waals surface area (Å²) in [5.74, 6) is 1.93. The average Bonchev–Trinajstić information content (AvgIpc) is 3.46. The number of anilines is 1. The van der Waals surface area contributed by atoms with Crippen LogP contribution in [0.2, 0.25) is 0 Å². The fourth-order valence-electron chi connectivity index (χ4n) is 8.51. The lowest BCUT2D eigenvalue weighted by molar-refractivity contribution is 0.139. The van der Waals surface area contributed by atoms with Crippen LogP contribution < -0.4 is 4.90 Å². The van der Waals surface area contributed by atoms with E-state index in [0.717, 1.165) is 38.1 Å². The molecule has 1 N–H and O–H groups in total. The summed E-state index contributed by atoms with van der Waals surface area (Å²) >= 11 is 0. The van der Waals surface area contributed by atoms with Crippen LogP contribution in [0.4, 0.5) is 5.69 Å². The van der Waals surface area contributed by atoms with Gasteiger partial charge >= 0.3 is 0 Å². The minimum absolute atomic E-state index is 0.0295. The second kappa shape index (κ2) is 20.0. The van der Waals surface area contributed by atoms with Crippen LogP contribution in [-0.2, 0) is 4.74 Å². The van der Waals surface area contributed by atoms with Crippen LogP contribution in [0.1, 0.15) is 141 Å². The van der Waals surface area contributed by atoms with Crippen molar-refractivity contribution in [3.05, 3.63) is 107 Å². The maximum atomic E-state index is 7.97. The van der Waals surface area contributed by atoms with Crippen molar-refractivity contribution < 1.29 is 4.74 Å². The van der Waals surface area contributed by atoms with Crippen LogP contribution in [0.25, 0.3) is 5.57 Å². The minimum Gasteiger partial charge on any atom is -0.372 e. The molecule has 0 aromatic heterocycles. The predicted octanol–water partition coefficient (Wildman–Crippen LogP) is 13.2. The molecule has 0 heterocycles. The normalized spacial score (nSPS) is 24.5. The molecule has 1 aromatic rings. The molecular weight excluding hydrogens is 609 g/mol. The second-order valence-electron chi connectivity index (χ2n) is 15.3. The van der Waals surface area contributed by atoms with Crippen molar-refractivity contribution in [1.82, 2.24) is 0 Å². The van der Waals surface area contributed by atoms with Crippen molar-refractivity contribution in [2.75, 3.05) is 18.6 Å². The molecule has 3 nitrogen and oxygen atoms in total. The van der Waals surface area contributed by atoms with Gasteiger partial charge in [0.1, 0.15) is 6.10 Å². The third-order valence-electron chi connectivity index (χ3n) is 11.5. The third-order valence-corrected chi connectivity index (χ3v) is 11.5. The zero-order valence-corrected chi connectivity index (χ0v) is 31.8. The van der Waals surface area contributed by atoms with E-state index in [2.05, 4.69) is 98.6 Å². The Labute approximate surface area is 305 Å². The third kappa shape index (κ3) is 10.2. The largest absolute Gasteiger partial charge is 0.372 e. The van der Waals surface area contributed by atoms with Gasteiger partial charge in [0.25, 0.3) is 0 Å². The molecule has 0 spiro atoms. The van der Waals surface area contributed by atoms with E-state index in [1.165, 1.54) is 122 Å². The molecule has 0 aliphatic heterocycles. The lowest BCUT2D eigenvalue weighted by atomic mass is 9.83. The number of methoxy groups -OCH3 is 1. The number of benzene rings is 1. The summed E-state index contributed by atoms with van der Waals surface area (Å²) in [6.45, 7) is 7.68. The van der Waals surface area contributed by atoms with Gasteiger partial charge in [-0.15, -0.1) is 0 Å². The highest BCUT2D eigenvalue weighted by Gasteiger charge is 2.35. The summed E-state index contributed by atoms with van der Waals surface area (Å²) in [7, 11) is 1.88. The van der Waals surface area contributed by atoms with Crippen LogP contribution in [0.3, 0.4) is 0 Å². The molecule has 50 heavy (non-hydrogen) atoms. The highest BCUT2D eigenvalue weighted by Crippen LogP contribution is 2.50. The van der Waals surface area contributed by atoms with Crippen LogP contribution in [0, 0.1) is 23.2 Å². The van der Waals surface area contributed by atoms with Gasteiger partial charge in [0.05, 0.1) is 0 Å². The van der Waals surface area contributed by atoms with E-state index in [1.54, 1.807) is 0 Å². The molecule has 3 heteroatoms. The van der Waals surface area contributed by atoms with Crippen molar-refractivity contribution in [2.45, 2.75) is 136 Å². The molecule has 0 saturated heterocycles. The van der Waals surface area contributed by atoms with Crippen LogP contribution >= 0.6 is 0 Å². The standard InChI is InChI=1S/C47H66N2O/c1-5-8-11-12-13-14-17-39(30-31-48)35-49(41-25-22-37(23-26-41)16-10-7-3)42-27-29-44-43-28-24-40(33-45(43)47(50-4)46(44)34-42)32-38-20-18-36(19-21-38)15-9-6-2/h13-14,18,20-22,25,27-31,33-34,36-37,40-41,47-48H,5-12,15-17,19,23-24,26,32,35H2,1-4H3/b14-13?,39-30+,48-31?. The number of nitrogens with zero attached hydrogens (tertiary/aromatic N) is 1. The Morgan fingerprint density at radius 1 is 0.880 bits per heavy atom. The Hall–Kier alpha value is -3.17. The van der Waals surface area contributed by atoms with Crippen molar-refractivity contribution in [1.29, 1.82) is 5.41 Å². The number of unbranched alkanes of at least 4 members (excludes halogenated alkanes) is 5. The zero-order chi connectivity index (χ0) is 35.1. The molecule has 0 saturated carbocycles. The lowest BCUT2D eigenvalue weighted by Crippen LogP contribution is -2.37. The highest BCUT2D eigenvalue weighted by atomic mass is 16.5. The molecule has 5 rings (SSSR count). The van der Waals surface area contributed by atoms with E-state index in [4.69, 9.17) is 10.1 Å². The van der Waals surface area contributed by atoms with E-state index in [1.807, 2.05) is 13.2 Å². The molecule has 0 bridgehead atoms. The number of allylic oxidation sites excluding steroid dienone is 10. The smallest absolute Gasteiger partial charge is 0.108 e. The van der Waals surface area contributed by atoms with Crippen molar-refractivity contribution in [2.24, 2.45) is 17.8 Å². The Bertz CT molecular complexity index is 1470. The van der Waals surface area contributed by atoms with Gasteiger partial charge in [-0.05, 0) is 128 Å². The average molecular weight is 675 g/mol. The fraction of sp³-hybridized carbons (Fsp3) is 0.553. The first kappa shape index (κ1) is 38.1. The van der Waals surface area contributed by atoms with Gasteiger partial charge in [-0.25, -0.2) is 0 Å². The predicted molar refractivity (Wildman–Crippen MR) is 217 cm³/mol. The summed E-state index contributed by atoms with van der Waals surface area (Å²) < 4.78 is 6.32. The second-order valence-corrected chi connectivity index (χ2v) is 15.3. The summed E-state index contributed by atoms with van der Waals surface area (Å²) in [6.07, 6.45) is 45.0. The van der Waals surface area contributed by atoms with Gasteiger partial charge in [-0.2, -0.15) is 0 Å². The number of rotatable bonds is 20. The van der Waals surface area contributed by atoms with Gasteiger partial charge in [0.2, 0.25) is 0 Å². The number of ether oxygens (including phenoxy) is 1. The minimum atomic E-state index is -0.0295. The molecule has 5 unspecified atom stereocenters. The number of hydrogen-bond donors (Lipinski definition) is 1. The number of hydrogen-bond acceptors (Lipinski definition) is 3. The monoisotopic (exact) mass is 675 g/mol. The van der Waals surface area contributed by atoms with Gasteiger partial charge in [-0.3, -0.25) is 0 Å². The van der Waals surface area contributed by atoms with E-state index in [-0.39, 0.29) is 6.10 Å². The van der Waals surface area contributed by atoms with Gasteiger partial charge in [0.15, 0.2) is 0 Å². The van der Waals surface area contributed by atoms with Crippen molar-refractivity contribution >= 4 is 17.5 Å². The van der Waals surface area contributed by atoms with E-state index in [0.29, 0.717) is 17.9 Å².